The molecule has 4 nitrogen and oxygen atoms in total. The largest absolute Gasteiger partial charge is 0.459 e. The maximum absolute atomic E-state index is 12.5. The number of aliphatic hydroxyl groups is 1. The van der Waals surface area contributed by atoms with Gasteiger partial charge in [0.15, 0.2) is 0 Å². The SMILES string of the molecule is CN(Cc1cc2ccccc2o1)C(=O)C1(O)CCSCC1. The van der Waals surface area contributed by atoms with Gasteiger partial charge >= 0.3 is 0 Å². The fourth-order valence-corrected chi connectivity index (χ4v) is 3.87. The van der Waals surface area contributed by atoms with Crippen LogP contribution in [0.25, 0.3) is 11.0 Å². The topological polar surface area (TPSA) is 53.7 Å². The summed E-state index contributed by atoms with van der Waals surface area (Å²) in [5.74, 6) is 2.20. The molecule has 0 radical (unpaired) electrons. The lowest BCUT2D eigenvalue weighted by Gasteiger charge is -2.33. The van der Waals surface area contributed by atoms with Crippen LogP contribution in [0.1, 0.15) is 18.6 Å². The molecule has 1 amide bonds. The number of fused-ring (bicyclic) bond motifs is 1. The van der Waals surface area contributed by atoms with Gasteiger partial charge in [0.2, 0.25) is 0 Å². The molecule has 1 aliphatic rings. The number of hydrogen-bond donors (Lipinski definition) is 1. The summed E-state index contributed by atoms with van der Waals surface area (Å²) < 4.78 is 5.73. The van der Waals surface area contributed by atoms with Crippen LogP contribution in [0, 0.1) is 0 Å². The zero-order valence-corrected chi connectivity index (χ0v) is 12.9. The van der Waals surface area contributed by atoms with E-state index < -0.39 is 5.60 Å². The molecule has 1 N–H and O–H groups in total. The summed E-state index contributed by atoms with van der Waals surface area (Å²) in [6.45, 7) is 0.378. The van der Waals surface area contributed by atoms with Crippen molar-refractivity contribution < 1.29 is 14.3 Å². The molecule has 0 aliphatic carbocycles. The molecule has 1 saturated heterocycles. The van der Waals surface area contributed by atoms with E-state index in [0.29, 0.717) is 19.4 Å². The van der Waals surface area contributed by atoms with Gasteiger partial charge in [0, 0.05) is 12.4 Å². The summed E-state index contributed by atoms with van der Waals surface area (Å²) in [6.07, 6.45) is 1.06. The van der Waals surface area contributed by atoms with Crippen molar-refractivity contribution in [3.8, 4) is 0 Å². The second-order valence-electron chi connectivity index (χ2n) is 5.56. The van der Waals surface area contributed by atoms with E-state index in [1.807, 2.05) is 30.3 Å². The van der Waals surface area contributed by atoms with Crippen LogP contribution in [0.4, 0.5) is 0 Å². The Balaban J connectivity index is 1.73. The second-order valence-corrected chi connectivity index (χ2v) is 6.78. The summed E-state index contributed by atoms with van der Waals surface area (Å²) in [6, 6.07) is 9.72. The van der Waals surface area contributed by atoms with Gasteiger partial charge in [-0.1, -0.05) is 18.2 Å². The summed E-state index contributed by atoms with van der Waals surface area (Å²) in [5, 5.41) is 11.5. The van der Waals surface area contributed by atoms with Crippen LogP contribution in [-0.2, 0) is 11.3 Å². The second kappa shape index (κ2) is 5.73. The zero-order valence-electron chi connectivity index (χ0n) is 12.0. The molecule has 1 aliphatic heterocycles. The van der Waals surface area contributed by atoms with Gasteiger partial charge in [0.25, 0.3) is 5.91 Å². The van der Waals surface area contributed by atoms with E-state index in [4.69, 9.17) is 4.42 Å². The smallest absolute Gasteiger partial charge is 0.254 e. The van der Waals surface area contributed by atoms with Crippen molar-refractivity contribution in [2.75, 3.05) is 18.6 Å². The van der Waals surface area contributed by atoms with E-state index >= 15 is 0 Å². The average Bonchev–Trinajstić information content (AvgIpc) is 2.89. The summed E-state index contributed by atoms with van der Waals surface area (Å²) >= 11 is 1.78. The minimum absolute atomic E-state index is 0.205. The third-order valence-corrected chi connectivity index (χ3v) is 4.92. The highest BCUT2D eigenvalue weighted by Crippen LogP contribution is 2.29. The fraction of sp³-hybridized carbons (Fsp3) is 0.438. The number of carbonyl (C=O) groups excluding carboxylic acids is 1. The minimum Gasteiger partial charge on any atom is -0.459 e. The van der Waals surface area contributed by atoms with Crippen LogP contribution in [0.2, 0.25) is 0 Å². The number of nitrogens with zero attached hydrogens (tertiary/aromatic N) is 1. The number of thioether (sulfide) groups is 1. The molecule has 2 heterocycles. The Kier molecular flexibility index (Phi) is 3.95. The van der Waals surface area contributed by atoms with Crippen LogP contribution in [0.5, 0.6) is 0 Å². The molecule has 1 aromatic heterocycles. The Labute approximate surface area is 128 Å². The lowest BCUT2D eigenvalue weighted by Crippen LogP contribution is -2.49. The van der Waals surface area contributed by atoms with E-state index in [0.717, 1.165) is 28.2 Å². The first-order valence-corrected chi connectivity index (χ1v) is 8.27. The number of likely N-dealkylation sites (N-methyl/N-ethyl adjacent to an activating group) is 1. The van der Waals surface area contributed by atoms with Crippen LogP contribution in [-0.4, -0.2) is 40.1 Å². The number of furan rings is 1. The maximum Gasteiger partial charge on any atom is 0.254 e. The first-order chi connectivity index (χ1) is 10.1. The molecule has 0 spiro atoms. The van der Waals surface area contributed by atoms with Crippen LogP contribution < -0.4 is 0 Å². The molecular weight excluding hydrogens is 286 g/mol. The molecule has 21 heavy (non-hydrogen) atoms. The molecule has 112 valence electrons. The third-order valence-electron chi connectivity index (χ3n) is 3.93. The van der Waals surface area contributed by atoms with Gasteiger partial charge < -0.3 is 14.4 Å². The first-order valence-electron chi connectivity index (χ1n) is 7.12. The first kappa shape index (κ1) is 14.5. The highest BCUT2D eigenvalue weighted by atomic mass is 32.2. The van der Waals surface area contributed by atoms with Crippen molar-refractivity contribution in [2.45, 2.75) is 25.0 Å². The van der Waals surface area contributed by atoms with Gasteiger partial charge in [-0.2, -0.15) is 11.8 Å². The van der Waals surface area contributed by atoms with Crippen LogP contribution in [0.3, 0.4) is 0 Å². The predicted octanol–water partition coefficient (Wildman–Crippen LogP) is 2.65. The Morgan fingerprint density at radius 1 is 1.38 bits per heavy atom. The lowest BCUT2D eigenvalue weighted by molar-refractivity contribution is -0.151. The summed E-state index contributed by atoms with van der Waals surface area (Å²) in [4.78, 5) is 14.0. The number of carbonyl (C=O) groups is 1. The normalized spacial score (nSPS) is 17.8. The van der Waals surface area contributed by atoms with Crippen molar-refractivity contribution >= 4 is 28.6 Å². The average molecular weight is 305 g/mol. The van der Waals surface area contributed by atoms with E-state index in [9.17, 15) is 9.90 Å². The Hall–Kier alpha value is -1.46. The van der Waals surface area contributed by atoms with Gasteiger partial charge in [0.05, 0.1) is 6.54 Å². The lowest BCUT2D eigenvalue weighted by atomic mass is 9.95. The van der Waals surface area contributed by atoms with E-state index in [2.05, 4.69) is 0 Å². The van der Waals surface area contributed by atoms with Gasteiger partial charge in [-0.15, -0.1) is 0 Å². The fourth-order valence-electron chi connectivity index (χ4n) is 2.70. The molecule has 3 rings (SSSR count). The molecule has 5 heteroatoms. The monoisotopic (exact) mass is 305 g/mol. The van der Waals surface area contributed by atoms with Crippen molar-refractivity contribution in [1.82, 2.24) is 4.90 Å². The van der Waals surface area contributed by atoms with E-state index in [1.54, 1.807) is 23.7 Å². The summed E-state index contributed by atoms with van der Waals surface area (Å²) in [5.41, 5.74) is -0.382. The maximum atomic E-state index is 12.5. The number of amides is 1. The van der Waals surface area contributed by atoms with Gasteiger partial charge in [-0.05, 0) is 36.5 Å². The molecule has 0 atom stereocenters. The predicted molar refractivity (Wildman–Crippen MR) is 84.2 cm³/mol. The van der Waals surface area contributed by atoms with Crippen LogP contribution >= 0.6 is 11.8 Å². The number of hydrogen-bond acceptors (Lipinski definition) is 4. The highest BCUT2D eigenvalue weighted by molar-refractivity contribution is 7.99. The molecule has 2 aromatic rings. The zero-order chi connectivity index (χ0) is 14.9. The third kappa shape index (κ3) is 2.94. The minimum atomic E-state index is -1.20. The van der Waals surface area contributed by atoms with Crippen LogP contribution in [0.15, 0.2) is 34.7 Å². The highest BCUT2D eigenvalue weighted by Gasteiger charge is 2.39. The van der Waals surface area contributed by atoms with Gasteiger partial charge in [-0.25, -0.2) is 0 Å². The summed E-state index contributed by atoms with van der Waals surface area (Å²) in [7, 11) is 1.72. The van der Waals surface area contributed by atoms with Crippen molar-refractivity contribution in [3.63, 3.8) is 0 Å². The Morgan fingerprint density at radius 3 is 2.81 bits per heavy atom. The molecule has 0 saturated carbocycles. The van der Waals surface area contributed by atoms with E-state index in [-0.39, 0.29) is 5.91 Å². The molecule has 0 bridgehead atoms. The quantitative estimate of drug-likeness (QED) is 0.947. The Morgan fingerprint density at radius 2 is 2.10 bits per heavy atom. The van der Waals surface area contributed by atoms with Crippen molar-refractivity contribution in [1.29, 1.82) is 0 Å². The standard InChI is InChI=1S/C16H19NO3S/c1-17(15(18)16(19)6-8-21-9-7-16)11-13-10-12-4-2-3-5-14(12)20-13/h2-5,10,19H,6-9,11H2,1H3. The number of rotatable bonds is 3. The van der Waals surface area contributed by atoms with Crippen molar-refractivity contribution in [2.24, 2.45) is 0 Å². The molecule has 0 unspecified atom stereocenters. The molecule has 1 aromatic carbocycles. The van der Waals surface area contributed by atoms with E-state index in [1.165, 1.54) is 0 Å². The number of benzene rings is 1. The van der Waals surface area contributed by atoms with Gasteiger partial charge in [-0.3, -0.25) is 4.79 Å². The molecular formula is C16H19NO3S. The molecule has 1 fully saturated rings. The van der Waals surface area contributed by atoms with Crippen molar-refractivity contribution in [3.05, 3.63) is 36.1 Å². The number of para-hydroxylation sites is 1. The van der Waals surface area contributed by atoms with Gasteiger partial charge in [0.1, 0.15) is 16.9 Å². The Bertz CT molecular complexity index is 613.